The van der Waals surface area contributed by atoms with Crippen molar-refractivity contribution < 1.29 is 9.18 Å². The molecule has 5 rings (SSSR count). The molecular formula is C24H23FN2OS. The van der Waals surface area contributed by atoms with Crippen molar-refractivity contribution in [1.29, 1.82) is 0 Å². The van der Waals surface area contributed by atoms with Crippen molar-refractivity contribution in [3.05, 3.63) is 86.9 Å². The molecule has 148 valence electrons. The van der Waals surface area contributed by atoms with E-state index in [2.05, 4.69) is 17.4 Å². The van der Waals surface area contributed by atoms with E-state index in [1.807, 2.05) is 34.4 Å². The maximum Gasteiger partial charge on any atom is 0.322 e. The highest BCUT2D eigenvalue weighted by molar-refractivity contribution is 7.12. The summed E-state index contributed by atoms with van der Waals surface area (Å²) >= 11 is 1.89. The summed E-state index contributed by atoms with van der Waals surface area (Å²) in [5, 5.41) is 2.90. The summed E-state index contributed by atoms with van der Waals surface area (Å²) in [4.78, 5) is 17.9. The number of nitrogens with one attached hydrogen (secondary N) is 1. The Labute approximate surface area is 174 Å². The lowest BCUT2D eigenvalue weighted by atomic mass is 9.88. The summed E-state index contributed by atoms with van der Waals surface area (Å²) in [5.74, 6) is -0.353. The molecule has 0 saturated carbocycles. The molecule has 1 aliphatic heterocycles. The SMILES string of the molecule is O=C(Nc1cccc(F)c1)N1CCc2c(sc3c2CCCC3)[C@@H]1c1ccccc1. The first-order valence-electron chi connectivity index (χ1n) is 10.2. The van der Waals surface area contributed by atoms with Gasteiger partial charge in [-0.25, -0.2) is 9.18 Å². The van der Waals surface area contributed by atoms with Crippen LogP contribution in [0.15, 0.2) is 54.6 Å². The highest BCUT2D eigenvalue weighted by Crippen LogP contribution is 2.45. The molecule has 1 N–H and O–H groups in total. The van der Waals surface area contributed by atoms with Crippen molar-refractivity contribution in [2.75, 3.05) is 11.9 Å². The lowest BCUT2D eigenvalue weighted by Gasteiger charge is -2.36. The standard InChI is InChI=1S/C24H23FN2OS/c25-17-9-6-10-18(15-17)26-24(28)27-14-13-20-19-11-4-5-12-21(19)29-23(20)22(27)16-7-2-1-3-8-16/h1-3,6-10,15,22H,4-5,11-14H2,(H,26,28)/t22-/m0/s1. The van der Waals surface area contributed by atoms with Gasteiger partial charge in [-0.1, -0.05) is 36.4 Å². The number of amides is 2. The topological polar surface area (TPSA) is 32.3 Å². The van der Waals surface area contributed by atoms with E-state index in [9.17, 15) is 9.18 Å². The lowest BCUT2D eigenvalue weighted by molar-refractivity contribution is 0.195. The Morgan fingerprint density at radius 3 is 2.66 bits per heavy atom. The number of carbonyl (C=O) groups is 1. The molecular weight excluding hydrogens is 383 g/mol. The van der Waals surface area contributed by atoms with E-state index < -0.39 is 0 Å². The third-order valence-corrected chi connectivity index (χ3v) is 7.31. The summed E-state index contributed by atoms with van der Waals surface area (Å²) in [7, 11) is 0. The van der Waals surface area contributed by atoms with Crippen LogP contribution in [0, 0.1) is 5.82 Å². The normalized spacial score (nSPS) is 18.1. The van der Waals surface area contributed by atoms with Crippen LogP contribution in [0.25, 0.3) is 0 Å². The molecule has 1 atom stereocenters. The van der Waals surface area contributed by atoms with Gasteiger partial charge in [-0.3, -0.25) is 0 Å². The zero-order valence-electron chi connectivity index (χ0n) is 16.2. The van der Waals surface area contributed by atoms with Crippen LogP contribution in [-0.4, -0.2) is 17.5 Å². The number of nitrogens with zero attached hydrogens (tertiary/aromatic N) is 1. The van der Waals surface area contributed by atoms with Crippen molar-refractivity contribution in [3.63, 3.8) is 0 Å². The number of hydrogen-bond acceptors (Lipinski definition) is 2. The van der Waals surface area contributed by atoms with Crippen LogP contribution in [0.2, 0.25) is 0 Å². The Hall–Kier alpha value is -2.66. The van der Waals surface area contributed by atoms with Gasteiger partial charge in [-0.15, -0.1) is 11.3 Å². The van der Waals surface area contributed by atoms with E-state index >= 15 is 0 Å². The van der Waals surface area contributed by atoms with Crippen molar-refractivity contribution >= 4 is 23.1 Å². The van der Waals surface area contributed by atoms with Gasteiger partial charge in [-0.05, 0) is 67.0 Å². The average Bonchev–Trinajstić information content (AvgIpc) is 3.12. The number of hydrogen-bond donors (Lipinski definition) is 1. The zero-order valence-corrected chi connectivity index (χ0v) is 17.0. The molecule has 1 aromatic heterocycles. The first-order valence-corrected chi connectivity index (χ1v) is 11.0. The van der Waals surface area contributed by atoms with Crippen molar-refractivity contribution in [3.8, 4) is 0 Å². The minimum Gasteiger partial charge on any atom is -0.312 e. The van der Waals surface area contributed by atoms with Crippen molar-refractivity contribution in [2.24, 2.45) is 0 Å². The molecule has 2 heterocycles. The first kappa shape index (κ1) is 18.4. The van der Waals surface area contributed by atoms with Crippen LogP contribution < -0.4 is 5.32 Å². The Morgan fingerprint density at radius 1 is 1.00 bits per heavy atom. The van der Waals surface area contributed by atoms with Gasteiger partial charge in [0.25, 0.3) is 0 Å². The molecule has 2 amide bonds. The third-order valence-electron chi connectivity index (χ3n) is 5.93. The third kappa shape index (κ3) is 3.44. The van der Waals surface area contributed by atoms with Gasteiger partial charge in [0, 0.05) is 22.0 Å². The van der Waals surface area contributed by atoms with Crippen molar-refractivity contribution in [1.82, 2.24) is 4.90 Å². The van der Waals surface area contributed by atoms with Gasteiger partial charge < -0.3 is 10.2 Å². The smallest absolute Gasteiger partial charge is 0.312 e. The average molecular weight is 407 g/mol. The van der Waals surface area contributed by atoms with Crippen LogP contribution in [0.1, 0.15) is 45.3 Å². The van der Waals surface area contributed by atoms with Gasteiger partial charge in [0.2, 0.25) is 0 Å². The number of halogens is 1. The number of fused-ring (bicyclic) bond motifs is 3. The van der Waals surface area contributed by atoms with E-state index in [1.54, 1.807) is 17.7 Å². The predicted octanol–water partition coefficient (Wildman–Crippen LogP) is 5.95. The summed E-state index contributed by atoms with van der Waals surface area (Å²) in [6.07, 6.45) is 5.73. The lowest BCUT2D eigenvalue weighted by Crippen LogP contribution is -2.42. The van der Waals surface area contributed by atoms with Crippen LogP contribution in [0.3, 0.4) is 0 Å². The van der Waals surface area contributed by atoms with Gasteiger partial charge in [0.15, 0.2) is 0 Å². The second-order valence-corrected chi connectivity index (χ2v) is 8.89. The largest absolute Gasteiger partial charge is 0.322 e. The summed E-state index contributed by atoms with van der Waals surface area (Å²) in [6, 6.07) is 16.1. The molecule has 0 radical (unpaired) electrons. The van der Waals surface area contributed by atoms with Crippen molar-refractivity contribution in [2.45, 2.75) is 38.1 Å². The van der Waals surface area contributed by atoms with Gasteiger partial charge in [-0.2, -0.15) is 0 Å². The molecule has 3 aromatic rings. The second kappa shape index (κ2) is 7.64. The highest BCUT2D eigenvalue weighted by atomic mass is 32.1. The number of aryl methyl sites for hydroxylation is 1. The van der Waals surface area contributed by atoms with Gasteiger partial charge in [0.1, 0.15) is 5.82 Å². The summed E-state index contributed by atoms with van der Waals surface area (Å²) in [5.41, 5.74) is 4.62. The quantitative estimate of drug-likeness (QED) is 0.561. The van der Waals surface area contributed by atoms with Gasteiger partial charge >= 0.3 is 6.03 Å². The second-order valence-electron chi connectivity index (χ2n) is 7.75. The summed E-state index contributed by atoms with van der Waals surface area (Å²) < 4.78 is 13.6. The van der Waals surface area contributed by atoms with Gasteiger partial charge in [0.05, 0.1) is 6.04 Å². The minimum atomic E-state index is -0.353. The van der Waals surface area contributed by atoms with E-state index in [4.69, 9.17) is 0 Å². The number of rotatable bonds is 2. The molecule has 2 aromatic carbocycles. The number of urea groups is 1. The number of carbonyl (C=O) groups excluding carboxylic acids is 1. The number of thiophene rings is 1. The van der Waals surface area contributed by atoms with E-state index in [-0.39, 0.29) is 17.9 Å². The highest BCUT2D eigenvalue weighted by Gasteiger charge is 2.36. The van der Waals surface area contributed by atoms with E-state index in [0.717, 1.165) is 24.8 Å². The Morgan fingerprint density at radius 2 is 1.83 bits per heavy atom. The maximum atomic E-state index is 13.6. The molecule has 0 saturated heterocycles. The first-order chi connectivity index (χ1) is 14.2. The molecule has 2 aliphatic rings. The predicted molar refractivity (Wildman–Crippen MR) is 115 cm³/mol. The Kier molecular flexibility index (Phi) is 4.84. The van der Waals surface area contributed by atoms with Crippen LogP contribution in [0.5, 0.6) is 0 Å². The molecule has 1 aliphatic carbocycles. The monoisotopic (exact) mass is 406 g/mol. The maximum absolute atomic E-state index is 13.6. The summed E-state index contributed by atoms with van der Waals surface area (Å²) in [6.45, 7) is 0.664. The van der Waals surface area contributed by atoms with E-state index in [0.29, 0.717) is 12.2 Å². The fourth-order valence-electron chi connectivity index (χ4n) is 4.60. The fraction of sp³-hybridized carbons (Fsp3) is 0.292. The molecule has 0 fully saturated rings. The van der Waals surface area contributed by atoms with Crippen LogP contribution in [0.4, 0.5) is 14.9 Å². The Balaban J connectivity index is 1.53. The van der Waals surface area contributed by atoms with Crippen LogP contribution >= 0.6 is 11.3 Å². The molecule has 0 unspecified atom stereocenters. The van der Waals surface area contributed by atoms with E-state index in [1.165, 1.54) is 40.3 Å². The fourth-order valence-corrected chi connectivity index (χ4v) is 6.18. The molecule has 29 heavy (non-hydrogen) atoms. The van der Waals surface area contributed by atoms with Crippen LogP contribution in [-0.2, 0) is 19.3 Å². The number of benzene rings is 2. The molecule has 5 heteroatoms. The molecule has 0 bridgehead atoms. The number of anilines is 1. The minimum absolute atomic E-state index is 0.0934. The zero-order chi connectivity index (χ0) is 19.8. The Bertz CT molecular complexity index is 1050. The molecule has 0 spiro atoms. The molecule has 3 nitrogen and oxygen atoms in total.